The molecule has 2 amide bonds. The van der Waals surface area contributed by atoms with Crippen LogP contribution in [0.3, 0.4) is 0 Å². The van der Waals surface area contributed by atoms with Crippen LogP contribution in [0.15, 0.2) is 18.2 Å². The van der Waals surface area contributed by atoms with Gasteiger partial charge in [0, 0.05) is 12.6 Å². The summed E-state index contributed by atoms with van der Waals surface area (Å²) in [7, 11) is 1.46. The highest BCUT2D eigenvalue weighted by molar-refractivity contribution is 5.89. The Morgan fingerprint density at radius 3 is 2.75 bits per heavy atom. The Morgan fingerprint density at radius 1 is 1.45 bits per heavy atom. The first-order valence-electron chi connectivity index (χ1n) is 6.48. The molecule has 0 aliphatic heterocycles. The largest absolute Gasteiger partial charge is 0.497 e. The molecule has 0 radical (unpaired) electrons. The molecule has 1 aromatic carbocycles. The number of urea groups is 1. The van der Waals surface area contributed by atoms with Gasteiger partial charge in [-0.15, -0.1) is 0 Å². The molecule has 0 bridgehead atoms. The summed E-state index contributed by atoms with van der Waals surface area (Å²) in [5, 5.41) is 14.5. The van der Waals surface area contributed by atoms with Crippen molar-refractivity contribution in [2.45, 2.75) is 26.4 Å². The van der Waals surface area contributed by atoms with Gasteiger partial charge in [0.25, 0.3) is 0 Å². The summed E-state index contributed by atoms with van der Waals surface area (Å²) in [5.41, 5.74) is 0.0280. The molecule has 112 valence electrons. The topological polar surface area (TPSA) is 70.6 Å². The SMILES string of the molecule is COc1ccc(F)c(NC(=O)NCC(O)CC(C)C)c1. The molecule has 1 aromatic rings. The van der Waals surface area contributed by atoms with E-state index in [-0.39, 0.29) is 12.2 Å². The average Bonchev–Trinajstić information content (AvgIpc) is 2.38. The van der Waals surface area contributed by atoms with Gasteiger partial charge in [0.05, 0.1) is 18.9 Å². The van der Waals surface area contributed by atoms with Gasteiger partial charge in [-0.1, -0.05) is 13.8 Å². The molecule has 0 fully saturated rings. The molecule has 0 aliphatic carbocycles. The number of rotatable bonds is 6. The lowest BCUT2D eigenvalue weighted by molar-refractivity contribution is 0.148. The van der Waals surface area contributed by atoms with E-state index < -0.39 is 18.0 Å². The molecule has 0 saturated heterocycles. The van der Waals surface area contributed by atoms with Crippen LogP contribution in [0.4, 0.5) is 14.9 Å². The molecule has 1 rings (SSSR count). The van der Waals surface area contributed by atoms with Crippen LogP contribution in [0.1, 0.15) is 20.3 Å². The summed E-state index contributed by atoms with van der Waals surface area (Å²) in [6.07, 6.45) is -0.0238. The molecule has 0 saturated carbocycles. The number of nitrogens with one attached hydrogen (secondary N) is 2. The number of amides is 2. The van der Waals surface area contributed by atoms with Crippen molar-refractivity contribution >= 4 is 11.7 Å². The van der Waals surface area contributed by atoms with E-state index in [9.17, 15) is 14.3 Å². The fraction of sp³-hybridized carbons (Fsp3) is 0.500. The first-order valence-corrected chi connectivity index (χ1v) is 6.48. The normalized spacial score (nSPS) is 12.1. The van der Waals surface area contributed by atoms with Crippen LogP contribution in [0.2, 0.25) is 0 Å². The monoisotopic (exact) mass is 284 g/mol. The van der Waals surface area contributed by atoms with E-state index in [1.165, 1.54) is 25.3 Å². The Labute approximate surface area is 118 Å². The highest BCUT2D eigenvalue weighted by Crippen LogP contribution is 2.20. The van der Waals surface area contributed by atoms with E-state index in [1.807, 2.05) is 13.8 Å². The lowest BCUT2D eigenvalue weighted by Gasteiger charge is -2.14. The highest BCUT2D eigenvalue weighted by Gasteiger charge is 2.11. The summed E-state index contributed by atoms with van der Waals surface area (Å²) >= 11 is 0. The number of carbonyl (C=O) groups excluding carboxylic acids is 1. The average molecular weight is 284 g/mol. The molecule has 1 unspecified atom stereocenters. The van der Waals surface area contributed by atoms with Crippen LogP contribution >= 0.6 is 0 Å². The number of aliphatic hydroxyl groups excluding tert-OH is 1. The fourth-order valence-corrected chi connectivity index (χ4v) is 1.73. The van der Waals surface area contributed by atoms with Crippen molar-refractivity contribution < 1.29 is 19.0 Å². The van der Waals surface area contributed by atoms with E-state index >= 15 is 0 Å². The number of anilines is 1. The maximum Gasteiger partial charge on any atom is 0.319 e. The molecular weight excluding hydrogens is 263 g/mol. The fourth-order valence-electron chi connectivity index (χ4n) is 1.73. The van der Waals surface area contributed by atoms with Gasteiger partial charge in [-0.2, -0.15) is 0 Å². The standard InChI is InChI=1S/C14H21FN2O3/c1-9(2)6-10(18)8-16-14(19)17-13-7-11(20-3)4-5-12(13)15/h4-5,7,9-10,18H,6,8H2,1-3H3,(H2,16,17,19). The second kappa shape index (κ2) is 7.69. The Hall–Kier alpha value is -1.82. The molecule has 0 heterocycles. The van der Waals surface area contributed by atoms with Gasteiger partial charge in [-0.05, 0) is 24.5 Å². The van der Waals surface area contributed by atoms with E-state index in [4.69, 9.17) is 4.74 Å². The summed E-state index contributed by atoms with van der Waals surface area (Å²) in [6.45, 7) is 4.08. The van der Waals surface area contributed by atoms with Crippen molar-refractivity contribution in [3.05, 3.63) is 24.0 Å². The highest BCUT2D eigenvalue weighted by atomic mass is 19.1. The third kappa shape index (κ3) is 5.44. The first-order chi connectivity index (χ1) is 9.42. The quantitative estimate of drug-likeness (QED) is 0.751. The summed E-state index contributed by atoms with van der Waals surface area (Å²) < 4.78 is 18.4. The zero-order valence-electron chi connectivity index (χ0n) is 11.9. The van der Waals surface area contributed by atoms with Crippen LogP contribution < -0.4 is 15.4 Å². The molecule has 1 atom stereocenters. The van der Waals surface area contributed by atoms with Crippen LogP contribution in [-0.2, 0) is 0 Å². The lowest BCUT2D eigenvalue weighted by Crippen LogP contribution is -2.35. The van der Waals surface area contributed by atoms with Gasteiger partial charge < -0.3 is 20.5 Å². The van der Waals surface area contributed by atoms with Crippen molar-refractivity contribution in [2.24, 2.45) is 5.92 Å². The van der Waals surface area contributed by atoms with Crippen LogP contribution in [0, 0.1) is 11.7 Å². The van der Waals surface area contributed by atoms with Gasteiger partial charge in [0.15, 0.2) is 0 Å². The number of hydrogen-bond acceptors (Lipinski definition) is 3. The minimum absolute atomic E-state index is 0.0280. The zero-order chi connectivity index (χ0) is 15.1. The number of halogens is 1. The number of methoxy groups -OCH3 is 1. The Morgan fingerprint density at radius 2 is 2.15 bits per heavy atom. The van der Waals surface area contributed by atoms with Gasteiger partial charge in [0.2, 0.25) is 0 Å². The van der Waals surface area contributed by atoms with Gasteiger partial charge >= 0.3 is 6.03 Å². The molecule has 3 N–H and O–H groups in total. The number of hydrogen-bond donors (Lipinski definition) is 3. The third-order valence-corrected chi connectivity index (χ3v) is 2.66. The first kappa shape index (κ1) is 16.2. The summed E-state index contributed by atoms with van der Waals surface area (Å²) in [6, 6.07) is 3.49. The van der Waals surface area contributed by atoms with E-state index in [0.717, 1.165) is 0 Å². The van der Waals surface area contributed by atoms with E-state index in [2.05, 4.69) is 10.6 Å². The zero-order valence-corrected chi connectivity index (χ0v) is 11.9. The number of benzene rings is 1. The van der Waals surface area contributed by atoms with Crippen molar-refractivity contribution in [2.75, 3.05) is 19.0 Å². The second-order valence-corrected chi connectivity index (χ2v) is 4.96. The maximum absolute atomic E-state index is 13.5. The molecular formula is C14H21FN2O3. The maximum atomic E-state index is 13.5. The Kier molecular flexibility index (Phi) is 6.24. The predicted molar refractivity (Wildman–Crippen MR) is 75.4 cm³/mol. The van der Waals surface area contributed by atoms with Gasteiger partial charge in [0.1, 0.15) is 11.6 Å². The summed E-state index contributed by atoms with van der Waals surface area (Å²) in [4.78, 5) is 11.6. The minimum Gasteiger partial charge on any atom is -0.497 e. The van der Waals surface area contributed by atoms with E-state index in [0.29, 0.717) is 18.1 Å². The second-order valence-electron chi connectivity index (χ2n) is 4.96. The van der Waals surface area contributed by atoms with Crippen molar-refractivity contribution in [3.63, 3.8) is 0 Å². The van der Waals surface area contributed by atoms with Gasteiger partial charge in [-0.25, -0.2) is 9.18 Å². The van der Waals surface area contributed by atoms with Crippen LogP contribution in [0.25, 0.3) is 0 Å². The van der Waals surface area contributed by atoms with Crippen molar-refractivity contribution in [1.29, 1.82) is 0 Å². The number of aliphatic hydroxyl groups is 1. The van der Waals surface area contributed by atoms with Crippen LogP contribution in [-0.4, -0.2) is 30.9 Å². The number of ether oxygens (including phenoxy) is 1. The molecule has 0 aromatic heterocycles. The predicted octanol–water partition coefficient (Wildman–Crippen LogP) is 2.36. The van der Waals surface area contributed by atoms with Crippen molar-refractivity contribution in [1.82, 2.24) is 5.32 Å². The Balaban J connectivity index is 2.50. The van der Waals surface area contributed by atoms with Crippen LogP contribution in [0.5, 0.6) is 5.75 Å². The minimum atomic E-state index is -0.615. The molecule has 20 heavy (non-hydrogen) atoms. The lowest BCUT2D eigenvalue weighted by atomic mass is 10.1. The van der Waals surface area contributed by atoms with Gasteiger partial charge in [-0.3, -0.25) is 0 Å². The third-order valence-electron chi connectivity index (χ3n) is 2.66. The van der Waals surface area contributed by atoms with E-state index in [1.54, 1.807) is 0 Å². The molecule has 5 nitrogen and oxygen atoms in total. The number of carbonyl (C=O) groups is 1. The smallest absolute Gasteiger partial charge is 0.319 e. The Bertz CT molecular complexity index is 452. The molecule has 6 heteroatoms. The molecule has 0 aliphatic rings. The van der Waals surface area contributed by atoms with Crippen molar-refractivity contribution in [3.8, 4) is 5.75 Å². The summed E-state index contributed by atoms with van der Waals surface area (Å²) in [5.74, 6) is 0.232. The molecule has 0 spiro atoms.